The summed E-state index contributed by atoms with van der Waals surface area (Å²) in [5.74, 6) is -0.113. The van der Waals surface area contributed by atoms with Gasteiger partial charge in [0.25, 0.3) is 10.0 Å². The van der Waals surface area contributed by atoms with E-state index in [-0.39, 0.29) is 4.90 Å². The Morgan fingerprint density at radius 2 is 1.89 bits per heavy atom. The van der Waals surface area contributed by atoms with E-state index in [0.29, 0.717) is 18.0 Å². The molecular formula is C21H21FN2O2S. The van der Waals surface area contributed by atoms with Crippen LogP contribution in [0, 0.1) is 18.7 Å². The van der Waals surface area contributed by atoms with Gasteiger partial charge in [0.05, 0.1) is 10.4 Å². The molecule has 4 rings (SSSR count). The van der Waals surface area contributed by atoms with Gasteiger partial charge in [0, 0.05) is 30.2 Å². The van der Waals surface area contributed by atoms with Crippen molar-refractivity contribution in [2.24, 2.45) is 5.92 Å². The number of nitrogens with one attached hydrogen (secondary N) is 1. The fourth-order valence-electron chi connectivity index (χ4n) is 3.53. The van der Waals surface area contributed by atoms with Gasteiger partial charge < -0.3 is 5.32 Å². The molecule has 0 spiro atoms. The predicted molar refractivity (Wildman–Crippen MR) is 106 cm³/mol. The average Bonchev–Trinajstić information content (AvgIpc) is 3.01. The highest BCUT2D eigenvalue weighted by Crippen LogP contribution is 2.32. The molecule has 0 aliphatic carbocycles. The summed E-state index contributed by atoms with van der Waals surface area (Å²) in [5, 5.41) is 4.07. The molecule has 0 amide bonds. The molecule has 1 atom stereocenters. The first kappa shape index (κ1) is 17.9. The molecule has 0 bridgehead atoms. The van der Waals surface area contributed by atoms with E-state index in [1.807, 2.05) is 6.92 Å². The van der Waals surface area contributed by atoms with Crippen molar-refractivity contribution in [3.63, 3.8) is 0 Å². The van der Waals surface area contributed by atoms with Crippen molar-refractivity contribution in [2.75, 3.05) is 13.1 Å². The molecule has 6 heteroatoms. The first-order chi connectivity index (χ1) is 12.9. The number of benzene rings is 2. The monoisotopic (exact) mass is 384 g/mol. The fourth-order valence-corrected chi connectivity index (χ4v) is 4.89. The second-order valence-electron chi connectivity index (χ2n) is 7.12. The maximum absolute atomic E-state index is 13.9. The summed E-state index contributed by atoms with van der Waals surface area (Å²) in [6.45, 7) is 5.55. The van der Waals surface area contributed by atoms with E-state index in [4.69, 9.17) is 0 Å². The molecule has 27 heavy (non-hydrogen) atoms. The molecular weight excluding hydrogens is 363 g/mol. The average molecular weight is 384 g/mol. The minimum absolute atomic E-state index is 0.185. The third-order valence-corrected chi connectivity index (χ3v) is 6.61. The third-order valence-electron chi connectivity index (χ3n) is 4.92. The third kappa shape index (κ3) is 3.19. The zero-order valence-electron chi connectivity index (χ0n) is 15.2. The van der Waals surface area contributed by atoms with E-state index in [1.165, 1.54) is 16.1 Å². The van der Waals surface area contributed by atoms with Gasteiger partial charge in [0.15, 0.2) is 0 Å². The molecule has 2 aromatic carbocycles. The highest BCUT2D eigenvalue weighted by Gasteiger charge is 2.23. The van der Waals surface area contributed by atoms with Crippen molar-refractivity contribution >= 4 is 26.5 Å². The van der Waals surface area contributed by atoms with Gasteiger partial charge in [-0.1, -0.05) is 30.7 Å². The van der Waals surface area contributed by atoms with Crippen LogP contribution in [0.2, 0.25) is 0 Å². The van der Waals surface area contributed by atoms with Gasteiger partial charge in [-0.05, 0) is 48.7 Å². The van der Waals surface area contributed by atoms with E-state index in [0.717, 1.165) is 28.6 Å². The van der Waals surface area contributed by atoms with Gasteiger partial charge in [0.1, 0.15) is 5.82 Å². The SMILES string of the molecule is Cc1ccc(S(=O)(=O)n2cc(C3=CC(C)CNC3)c3ccc(F)cc32)cc1. The lowest BCUT2D eigenvalue weighted by Crippen LogP contribution is -2.27. The lowest BCUT2D eigenvalue weighted by Gasteiger charge is -2.19. The van der Waals surface area contributed by atoms with Crippen molar-refractivity contribution in [3.8, 4) is 0 Å². The van der Waals surface area contributed by atoms with Crippen LogP contribution in [0.15, 0.2) is 59.6 Å². The molecule has 140 valence electrons. The number of fused-ring (bicyclic) bond motifs is 1. The maximum Gasteiger partial charge on any atom is 0.268 e. The second-order valence-corrected chi connectivity index (χ2v) is 8.93. The van der Waals surface area contributed by atoms with E-state index in [1.54, 1.807) is 36.5 Å². The molecule has 1 aliphatic heterocycles. The second kappa shape index (κ2) is 6.62. The first-order valence-corrected chi connectivity index (χ1v) is 10.3. The standard InChI is InChI=1S/C21H21FN2O2S/c1-14-3-6-18(7-4-14)27(25,26)24-13-20(16-9-15(2)11-23-12-16)19-8-5-17(22)10-21(19)24/h3-10,13,15,23H,11-12H2,1-2H3. The van der Waals surface area contributed by atoms with Crippen molar-refractivity contribution in [2.45, 2.75) is 18.7 Å². The summed E-state index contributed by atoms with van der Waals surface area (Å²) in [5.41, 5.74) is 3.18. The maximum atomic E-state index is 13.9. The molecule has 0 saturated heterocycles. The summed E-state index contributed by atoms with van der Waals surface area (Å²) in [4.78, 5) is 0.185. The molecule has 2 heterocycles. The highest BCUT2D eigenvalue weighted by molar-refractivity contribution is 7.90. The van der Waals surface area contributed by atoms with Gasteiger partial charge in [0.2, 0.25) is 0 Å². The number of hydrogen-bond acceptors (Lipinski definition) is 3. The van der Waals surface area contributed by atoms with Gasteiger partial charge in [-0.3, -0.25) is 0 Å². The van der Waals surface area contributed by atoms with E-state index >= 15 is 0 Å². The Morgan fingerprint density at radius 3 is 2.59 bits per heavy atom. The summed E-state index contributed by atoms with van der Waals surface area (Å²) in [6, 6.07) is 11.0. The fraction of sp³-hybridized carbons (Fsp3) is 0.238. The van der Waals surface area contributed by atoms with Crippen LogP contribution >= 0.6 is 0 Å². The van der Waals surface area contributed by atoms with Crippen LogP contribution in [-0.2, 0) is 10.0 Å². The van der Waals surface area contributed by atoms with E-state index in [9.17, 15) is 12.8 Å². The Hall–Kier alpha value is -2.44. The number of rotatable bonds is 3. The molecule has 0 saturated carbocycles. The van der Waals surface area contributed by atoms with Crippen LogP contribution in [0.5, 0.6) is 0 Å². The molecule has 1 N–H and O–H groups in total. The molecule has 0 radical (unpaired) electrons. The summed E-state index contributed by atoms with van der Waals surface area (Å²) in [7, 11) is -3.83. The van der Waals surface area contributed by atoms with Crippen LogP contribution in [0.4, 0.5) is 4.39 Å². The van der Waals surface area contributed by atoms with Crippen LogP contribution in [0.1, 0.15) is 18.1 Å². The van der Waals surface area contributed by atoms with E-state index in [2.05, 4.69) is 18.3 Å². The predicted octanol–water partition coefficient (Wildman–Crippen LogP) is 3.95. The number of nitrogens with zero attached hydrogens (tertiary/aromatic N) is 1. The van der Waals surface area contributed by atoms with Crippen LogP contribution in [-0.4, -0.2) is 25.5 Å². The Labute approximate surface area is 158 Å². The molecule has 1 unspecified atom stereocenters. The Balaban J connectivity index is 1.96. The molecule has 4 nitrogen and oxygen atoms in total. The van der Waals surface area contributed by atoms with Crippen molar-refractivity contribution in [1.82, 2.24) is 9.29 Å². The number of aromatic nitrogens is 1. The minimum atomic E-state index is -3.83. The molecule has 1 aromatic heterocycles. The van der Waals surface area contributed by atoms with Crippen LogP contribution in [0.3, 0.4) is 0 Å². The normalized spacial score (nSPS) is 17.9. The van der Waals surface area contributed by atoms with E-state index < -0.39 is 15.8 Å². The quantitative estimate of drug-likeness (QED) is 0.744. The first-order valence-electron chi connectivity index (χ1n) is 8.91. The summed E-state index contributed by atoms with van der Waals surface area (Å²) >= 11 is 0. The van der Waals surface area contributed by atoms with Crippen molar-refractivity contribution in [3.05, 3.63) is 71.7 Å². The molecule has 1 aliphatic rings. The zero-order valence-corrected chi connectivity index (χ0v) is 16.1. The molecule has 3 aromatic rings. The number of aryl methyl sites for hydroxylation is 1. The van der Waals surface area contributed by atoms with Crippen LogP contribution in [0.25, 0.3) is 16.5 Å². The zero-order chi connectivity index (χ0) is 19.2. The van der Waals surface area contributed by atoms with Gasteiger partial charge >= 0.3 is 0 Å². The van der Waals surface area contributed by atoms with Gasteiger partial charge in [-0.15, -0.1) is 0 Å². The van der Waals surface area contributed by atoms with Gasteiger partial charge in [-0.25, -0.2) is 16.8 Å². The number of hydrogen-bond donors (Lipinski definition) is 1. The van der Waals surface area contributed by atoms with Crippen LogP contribution < -0.4 is 5.32 Å². The highest BCUT2D eigenvalue weighted by atomic mass is 32.2. The van der Waals surface area contributed by atoms with Gasteiger partial charge in [-0.2, -0.15) is 0 Å². The van der Waals surface area contributed by atoms with Crippen molar-refractivity contribution < 1.29 is 12.8 Å². The Morgan fingerprint density at radius 1 is 1.15 bits per heavy atom. The minimum Gasteiger partial charge on any atom is -0.312 e. The Bertz CT molecular complexity index is 1140. The summed E-state index contributed by atoms with van der Waals surface area (Å²) in [6.07, 6.45) is 3.77. The van der Waals surface area contributed by atoms with Crippen molar-refractivity contribution in [1.29, 1.82) is 0 Å². The summed E-state index contributed by atoms with van der Waals surface area (Å²) < 4.78 is 41.6. The number of halogens is 1. The lowest BCUT2D eigenvalue weighted by atomic mass is 9.97. The molecule has 0 fully saturated rings. The smallest absolute Gasteiger partial charge is 0.268 e. The topological polar surface area (TPSA) is 51.1 Å². The lowest BCUT2D eigenvalue weighted by molar-refractivity contribution is 0.588. The Kier molecular flexibility index (Phi) is 4.40. The largest absolute Gasteiger partial charge is 0.312 e.